The molecule has 0 fully saturated rings. The molecule has 0 bridgehead atoms. The summed E-state index contributed by atoms with van der Waals surface area (Å²) in [5, 5.41) is 8.65. The molecule has 37 heavy (non-hydrogen) atoms. The van der Waals surface area contributed by atoms with Crippen LogP contribution in [0.5, 0.6) is 0 Å². The Hall–Kier alpha value is -0.530. The molecule has 0 aliphatic heterocycles. The van der Waals surface area contributed by atoms with E-state index in [1.54, 1.807) is 0 Å². The van der Waals surface area contributed by atoms with Gasteiger partial charge in [0.1, 0.15) is 0 Å². The Morgan fingerprint density at radius 1 is 0.486 bits per heavy atom. The smallest absolute Gasteiger partial charge is 0.303 e. The Morgan fingerprint density at radius 3 is 1.16 bits per heavy atom. The zero-order valence-corrected chi connectivity index (χ0v) is 26.0. The van der Waals surface area contributed by atoms with Gasteiger partial charge in [-0.1, -0.05) is 194 Å². The summed E-state index contributed by atoms with van der Waals surface area (Å²) in [7, 11) is 0. The lowest BCUT2D eigenvalue weighted by Crippen LogP contribution is -2.11. The van der Waals surface area contributed by atoms with Crippen molar-refractivity contribution in [3.63, 3.8) is 0 Å². The summed E-state index contributed by atoms with van der Waals surface area (Å²) in [6.07, 6.45) is 39.2. The standard InChI is InChI=1S/C35H70O2/c1-4-6-7-8-9-10-11-12-15-18-21-24-27-30-33(3)34(5-2)31-28-25-22-19-16-13-14-17-20-23-26-29-32-35(36)37/h33-34H,4-32H2,1-3H3,(H,36,37). The summed E-state index contributed by atoms with van der Waals surface area (Å²) >= 11 is 0. The maximum absolute atomic E-state index is 10.5. The lowest BCUT2D eigenvalue weighted by Gasteiger charge is -2.22. The highest BCUT2D eigenvalue weighted by Gasteiger charge is 2.14. The maximum atomic E-state index is 10.5. The first-order valence-electron chi connectivity index (χ1n) is 17.3. The predicted molar refractivity (Wildman–Crippen MR) is 166 cm³/mol. The van der Waals surface area contributed by atoms with Gasteiger partial charge in [0.05, 0.1) is 0 Å². The molecule has 0 aromatic heterocycles. The third-order valence-corrected chi connectivity index (χ3v) is 8.81. The lowest BCUT2D eigenvalue weighted by atomic mass is 9.83. The van der Waals surface area contributed by atoms with Gasteiger partial charge in [-0.25, -0.2) is 0 Å². The van der Waals surface area contributed by atoms with E-state index < -0.39 is 5.97 Å². The molecule has 1 N–H and O–H groups in total. The van der Waals surface area contributed by atoms with Crippen LogP contribution in [0, 0.1) is 11.8 Å². The summed E-state index contributed by atoms with van der Waals surface area (Å²) in [5.74, 6) is 1.22. The van der Waals surface area contributed by atoms with E-state index in [4.69, 9.17) is 5.11 Å². The Balaban J connectivity index is 3.41. The zero-order chi connectivity index (χ0) is 27.2. The molecule has 2 heteroatoms. The van der Waals surface area contributed by atoms with Crippen molar-refractivity contribution in [2.45, 2.75) is 207 Å². The first kappa shape index (κ1) is 36.5. The van der Waals surface area contributed by atoms with E-state index in [1.165, 1.54) is 167 Å². The zero-order valence-electron chi connectivity index (χ0n) is 26.0. The minimum Gasteiger partial charge on any atom is -0.481 e. The monoisotopic (exact) mass is 523 g/mol. The predicted octanol–water partition coefficient (Wildman–Crippen LogP) is 12.7. The van der Waals surface area contributed by atoms with E-state index in [2.05, 4.69) is 20.8 Å². The van der Waals surface area contributed by atoms with Gasteiger partial charge in [-0.2, -0.15) is 0 Å². The second-order valence-corrected chi connectivity index (χ2v) is 12.4. The molecule has 222 valence electrons. The number of carboxylic acid groups (broad SMARTS) is 1. The van der Waals surface area contributed by atoms with Gasteiger partial charge < -0.3 is 5.11 Å². The highest BCUT2D eigenvalue weighted by molar-refractivity contribution is 5.66. The Morgan fingerprint density at radius 2 is 0.811 bits per heavy atom. The fraction of sp³-hybridized carbons (Fsp3) is 0.971. The highest BCUT2D eigenvalue weighted by atomic mass is 16.4. The Bertz CT molecular complexity index is 447. The highest BCUT2D eigenvalue weighted by Crippen LogP contribution is 2.27. The van der Waals surface area contributed by atoms with Gasteiger partial charge in [-0.3, -0.25) is 4.79 Å². The molecule has 2 nitrogen and oxygen atoms in total. The van der Waals surface area contributed by atoms with Gasteiger partial charge >= 0.3 is 5.97 Å². The second-order valence-electron chi connectivity index (χ2n) is 12.4. The molecule has 0 aromatic rings. The van der Waals surface area contributed by atoms with Crippen LogP contribution in [0.15, 0.2) is 0 Å². The average molecular weight is 523 g/mol. The first-order chi connectivity index (χ1) is 18.1. The minimum atomic E-state index is -0.648. The maximum Gasteiger partial charge on any atom is 0.303 e. The number of carbonyl (C=O) groups is 1. The second kappa shape index (κ2) is 30.0. The number of carboxylic acids is 1. The fourth-order valence-electron chi connectivity index (χ4n) is 6.06. The molecule has 0 spiro atoms. The van der Waals surface area contributed by atoms with Crippen LogP contribution in [-0.4, -0.2) is 11.1 Å². The van der Waals surface area contributed by atoms with Crippen LogP contribution in [0.25, 0.3) is 0 Å². The molecule has 0 radical (unpaired) electrons. The van der Waals surface area contributed by atoms with Crippen molar-refractivity contribution in [1.29, 1.82) is 0 Å². The first-order valence-corrected chi connectivity index (χ1v) is 17.3. The van der Waals surface area contributed by atoms with E-state index >= 15 is 0 Å². The number of aliphatic carboxylic acids is 1. The van der Waals surface area contributed by atoms with Crippen LogP contribution in [0.1, 0.15) is 207 Å². The van der Waals surface area contributed by atoms with Gasteiger partial charge in [-0.05, 0) is 18.3 Å². The van der Waals surface area contributed by atoms with Crippen LogP contribution in [0.3, 0.4) is 0 Å². The van der Waals surface area contributed by atoms with Crippen LogP contribution < -0.4 is 0 Å². The summed E-state index contributed by atoms with van der Waals surface area (Å²) in [6, 6.07) is 0. The van der Waals surface area contributed by atoms with E-state index in [9.17, 15) is 4.79 Å². The SMILES string of the molecule is CCCCCCCCCCCCCCCC(C)C(CC)CCCCCCCCCCCCCCC(=O)O. The third-order valence-electron chi connectivity index (χ3n) is 8.81. The summed E-state index contributed by atoms with van der Waals surface area (Å²) in [4.78, 5) is 10.5. The Kier molecular flexibility index (Phi) is 29.6. The fourth-order valence-corrected chi connectivity index (χ4v) is 6.06. The molecular weight excluding hydrogens is 452 g/mol. The molecule has 0 aliphatic carbocycles. The quantitative estimate of drug-likeness (QED) is 0.0919. The van der Waals surface area contributed by atoms with Gasteiger partial charge in [0.2, 0.25) is 0 Å². The van der Waals surface area contributed by atoms with Gasteiger partial charge in [0.25, 0.3) is 0 Å². The topological polar surface area (TPSA) is 37.3 Å². The van der Waals surface area contributed by atoms with E-state index in [-0.39, 0.29) is 0 Å². The molecule has 2 atom stereocenters. The van der Waals surface area contributed by atoms with Crippen molar-refractivity contribution >= 4 is 5.97 Å². The van der Waals surface area contributed by atoms with E-state index in [0.717, 1.165) is 24.7 Å². The molecule has 0 saturated carbocycles. The van der Waals surface area contributed by atoms with E-state index in [1.807, 2.05) is 0 Å². The number of hydrogen-bond donors (Lipinski definition) is 1. The summed E-state index contributed by atoms with van der Waals surface area (Å²) in [5.41, 5.74) is 0. The normalized spacial score (nSPS) is 13.2. The van der Waals surface area contributed by atoms with Crippen LogP contribution >= 0.6 is 0 Å². The van der Waals surface area contributed by atoms with Crippen molar-refractivity contribution < 1.29 is 9.90 Å². The molecular formula is C35H70O2. The molecule has 0 rings (SSSR count). The van der Waals surface area contributed by atoms with E-state index in [0.29, 0.717) is 6.42 Å². The molecule has 2 unspecified atom stereocenters. The van der Waals surface area contributed by atoms with Crippen LogP contribution in [0.4, 0.5) is 0 Å². The third kappa shape index (κ3) is 28.3. The van der Waals surface area contributed by atoms with Gasteiger partial charge in [0, 0.05) is 6.42 Å². The molecule has 0 aromatic carbocycles. The average Bonchev–Trinajstić information content (AvgIpc) is 2.88. The summed E-state index contributed by atoms with van der Waals surface area (Å²) in [6.45, 7) is 7.24. The lowest BCUT2D eigenvalue weighted by molar-refractivity contribution is -0.137. The number of hydrogen-bond acceptors (Lipinski definition) is 1. The van der Waals surface area contributed by atoms with Gasteiger partial charge in [0.15, 0.2) is 0 Å². The Labute approximate surface area is 234 Å². The van der Waals surface area contributed by atoms with Crippen molar-refractivity contribution in [1.82, 2.24) is 0 Å². The number of rotatable bonds is 31. The van der Waals surface area contributed by atoms with Crippen molar-refractivity contribution in [3.05, 3.63) is 0 Å². The van der Waals surface area contributed by atoms with Crippen LogP contribution in [0.2, 0.25) is 0 Å². The largest absolute Gasteiger partial charge is 0.481 e. The molecule has 0 heterocycles. The number of unbranched alkanes of at least 4 members (excludes halogenated alkanes) is 23. The van der Waals surface area contributed by atoms with Crippen molar-refractivity contribution in [3.8, 4) is 0 Å². The van der Waals surface area contributed by atoms with Crippen molar-refractivity contribution in [2.24, 2.45) is 11.8 Å². The summed E-state index contributed by atoms with van der Waals surface area (Å²) < 4.78 is 0. The van der Waals surface area contributed by atoms with Crippen molar-refractivity contribution in [2.75, 3.05) is 0 Å². The molecule has 0 amide bonds. The molecule has 0 aliphatic rings. The minimum absolute atomic E-state index is 0.345. The molecule has 0 saturated heterocycles. The van der Waals surface area contributed by atoms with Gasteiger partial charge in [-0.15, -0.1) is 0 Å². The van der Waals surface area contributed by atoms with Crippen LogP contribution in [-0.2, 0) is 4.79 Å².